The largest absolute Gasteiger partial charge is 0.433 e. The fraction of sp³-hybridized carbons (Fsp3) is 0.125. The van der Waals surface area contributed by atoms with Gasteiger partial charge in [-0.05, 0) is 36.8 Å². The van der Waals surface area contributed by atoms with Crippen molar-refractivity contribution in [2.45, 2.75) is 13.1 Å². The molecule has 3 heterocycles. The molecule has 3 aromatic heterocycles. The number of rotatable bonds is 1. The van der Waals surface area contributed by atoms with Gasteiger partial charge in [0.1, 0.15) is 11.3 Å². The minimum Gasteiger partial charge on any atom is -0.301 e. The number of aryl methyl sites for hydroxylation is 1. The SMILES string of the molecule is Cc1cc(-n2c[c]c3ccc(C(F)(F)F)nc32)cc2cn[nH]c12. The summed E-state index contributed by atoms with van der Waals surface area (Å²) in [6.07, 6.45) is -1.21. The van der Waals surface area contributed by atoms with Crippen molar-refractivity contribution in [1.29, 1.82) is 0 Å². The fourth-order valence-electron chi connectivity index (χ4n) is 2.65. The molecule has 0 aliphatic heterocycles. The Kier molecular flexibility index (Phi) is 2.75. The van der Waals surface area contributed by atoms with Gasteiger partial charge in [-0.25, -0.2) is 4.98 Å². The number of pyridine rings is 1. The number of fused-ring (bicyclic) bond motifs is 2. The van der Waals surface area contributed by atoms with E-state index < -0.39 is 11.9 Å². The second-order valence-corrected chi connectivity index (χ2v) is 5.31. The maximum Gasteiger partial charge on any atom is 0.433 e. The number of H-pyrrole nitrogens is 1. The van der Waals surface area contributed by atoms with Gasteiger partial charge in [0.2, 0.25) is 0 Å². The highest BCUT2D eigenvalue weighted by Gasteiger charge is 2.32. The minimum absolute atomic E-state index is 0.224. The van der Waals surface area contributed by atoms with E-state index in [2.05, 4.69) is 21.2 Å². The molecule has 4 rings (SSSR count). The lowest BCUT2D eigenvalue weighted by Gasteiger charge is -2.09. The average molecular weight is 315 g/mol. The number of halogens is 3. The van der Waals surface area contributed by atoms with Crippen molar-refractivity contribution in [3.63, 3.8) is 0 Å². The minimum atomic E-state index is -4.48. The summed E-state index contributed by atoms with van der Waals surface area (Å²) in [5.74, 6) is 0. The predicted molar refractivity (Wildman–Crippen MR) is 79.3 cm³/mol. The van der Waals surface area contributed by atoms with Crippen LogP contribution in [0.4, 0.5) is 13.2 Å². The third-order valence-electron chi connectivity index (χ3n) is 3.75. The topological polar surface area (TPSA) is 46.5 Å². The smallest absolute Gasteiger partial charge is 0.301 e. The number of nitrogens with one attached hydrogen (secondary N) is 1. The number of aromatic amines is 1. The zero-order valence-electron chi connectivity index (χ0n) is 11.9. The molecule has 1 aromatic carbocycles. The molecule has 1 N–H and O–H groups in total. The molecule has 0 unspecified atom stereocenters. The monoisotopic (exact) mass is 315 g/mol. The van der Waals surface area contributed by atoms with Crippen molar-refractivity contribution in [1.82, 2.24) is 19.7 Å². The molecule has 0 aliphatic carbocycles. The molecule has 7 heteroatoms. The molecule has 0 aliphatic rings. The Labute approximate surface area is 128 Å². The average Bonchev–Trinajstić information content (AvgIpc) is 3.11. The fourth-order valence-corrected chi connectivity index (χ4v) is 2.65. The van der Waals surface area contributed by atoms with Gasteiger partial charge in [0.15, 0.2) is 0 Å². The molecule has 23 heavy (non-hydrogen) atoms. The molecule has 0 amide bonds. The van der Waals surface area contributed by atoms with Crippen LogP contribution >= 0.6 is 0 Å². The van der Waals surface area contributed by atoms with E-state index >= 15 is 0 Å². The highest BCUT2D eigenvalue weighted by molar-refractivity contribution is 5.85. The van der Waals surface area contributed by atoms with Gasteiger partial charge >= 0.3 is 6.18 Å². The molecule has 0 saturated heterocycles. The van der Waals surface area contributed by atoms with E-state index in [1.54, 1.807) is 17.0 Å². The molecule has 0 fully saturated rings. The van der Waals surface area contributed by atoms with Gasteiger partial charge in [-0.3, -0.25) is 5.10 Å². The van der Waals surface area contributed by atoms with Crippen molar-refractivity contribution in [3.8, 4) is 5.69 Å². The maximum atomic E-state index is 12.9. The summed E-state index contributed by atoms with van der Waals surface area (Å²) in [6.45, 7) is 1.91. The van der Waals surface area contributed by atoms with Crippen molar-refractivity contribution in [2.75, 3.05) is 0 Å². The molecule has 115 valence electrons. The Bertz CT molecular complexity index is 1030. The van der Waals surface area contributed by atoms with Gasteiger partial charge in [-0.1, -0.05) is 0 Å². The summed E-state index contributed by atoms with van der Waals surface area (Å²) in [5, 5.41) is 8.30. The second-order valence-electron chi connectivity index (χ2n) is 5.31. The second kappa shape index (κ2) is 4.58. The van der Waals surface area contributed by atoms with Gasteiger partial charge in [-0.15, -0.1) is 0 Å². The van der Waals surface area contributed by atoms with E-state index in [1.165, 1.54) is 6.07 Å². The van der Waals surface area contributed by atoms with E-state index in [9.17, 15) is 13.2 Å². The van der Waals surface area contributed by atoms with Crippen LogP contribution in [-0.2, 0) is 6.18 Å². The van der Waals surface area contributed by atoms with Crippen molar-refractivity contribution in [3.05, 3.63) is 54.0 Å². The van der Waals surface area contributed by atoms with Gasteiger partial charge in [0.25, 0.3) is 0 Å². The third-order valence-corrected chi connectivity index (χ3v) is 3.75. The lowest BCUT2D eigenvalue weighted by atomic mass is 10.1. The molecule has 4 nitrogen and oxygen atoms in total. The Morgan fingerprint density at radius 3 is 2.83 bits per heavy atom. The maximum absolute atomic E-state index is 12.9. The summed E-state index contributed by atoms with van der Waals surface area (Å²) >= 11 is 0. The molecule has 0 spiro atoms. The number of hydrogen-bond donors (Lipinski definition) is 1. The molecule has 0 saturated carbocycles. The highest BCUT2D eigenvalue weighted by Crippen LogP contribution is 2.30. The van der Waals surface area contributed by atoms with Crippen molar-refractivity contribution >= 4 is 21.9 Å². The molecule has 0 atom stereocenters. The van der Waals surface area contributed by atoms with Crippen LogP contribution in [0.3, 0.4) is 0 Å². The summed E-state index contributed by atoms with van der Waals surface area (Å²) in [7, 11) is 0. The highest BCUT2D eigenvalue weighted by atomic mass is 19.4. The van der Waals surface area contributed by atoms with Crippen LogP contribution in [0.2, 0.25) is 0 Å². The molecule has 1 radical (unpaired) electrons. The van der Waals surface area contributed by atoms with Crippen molar-refractivity contribution < 1.29 is 13.2 Å². The first-order valence-corrected chi connectivity index (χ1v) is 6.84. The van der Waals surface area contributed by atoms with Crippen LogP contribution in [0.25, 0.3) is 27.6 Å². The first-order chi connectivity index (χ1) is 10.9. The van der Waals surface area contributed by atoms with Gasteiger partial charge in [0, 0.05) is 28.7 Å². The number of benzene rings is 1. The van der Waals surface area contributed by atoms with E-state index in [-0.39, 0.29) is 5.65 Å². The normalized spacial score (nSPS) is 12.3. The standard InChI is InChI=1S/C16H10F3N4/c1-9-6-12(7-11-8-20-22-14(9)11)23-5-4-10-2-3-13(16(17,18)19)21-15(10)23/h2-3,5-8H,1H3,(H,20,22). The van der Waals surface area contributed by atoms with Gasteiger partial charge in [-0.2, -0.15) is 18.3 Å². The number of aromatic nitrogens is 4. The summed E-state index contributed by atoms with van der Waals surface area (Å²) < 4.78 is 40.3. The lowest BCUT2D eigenvalue weighted by Crippen LogP contribution is -2.08. The van der Waals surface area contributed by atoms with Gasteiger partial charge in [0.05, 0.1) is 11.7 Å². The molecule has 4 aromatic rings. The van der Waals surface area contributed by atoms with Crippen LogP contribution in [-0.4, -0.2) is 19.7 Å². The van der Waals surface area contributed by atoms with Crippen LogP contribution in [0.15, 0.2) is 36.7 Å². The summed E-state index contributed by atoms with van der Waals surface area (Å²) in [6, 6.07) is 9.00. The molecular weight excluding hydrogens is 305 g/mol. The Morgan fingerprint density at radius 2 is 2.04 bits per heavy atom. The number of alkyl halides is 3. The Balaban J connectivity index is 1.96. The van der Waals surface area contributed by atoms with E-state index in [0.29, 0.717) is 5.39 Å². The first-order valence-electron chi connectivity index (χ1n) is 6.84. The van der Waals surface area contributed by atoms with E-state index in [0.717, 1.165) is 28.2 Å². The number of nitrogens with zero attached hydrogens (tertiary/aromatic N) is 3. The van der Waals surface area contributed by atoms with Gasteiger partial charge < -0.3 is 4.57 Å². The first kappa shape index (κ1) is 13.8. The van der Waals surface area contributed by atoms with Crippen LogP contribution in [0.5, 0.6) is 0 Å². The zero-order chi connectivity index (χ0) is 16.2. The van der Waals surface area contributed by atoms with Crippen molar-refractivity contribution in [2.24, 2.45) is 0 Å². The molecule has 0 bridgehead atoms. The van der Waals surface area contributed by atoms with Crippen LogP contribution in [0.1, 0.15) is 11.3 Å². The third kappa shape index (κ3) is 2.16. The van der Waals surface area contributed by atoms with Crippen LogP contribution < -0.4 is 0 Å². The summed E-state index contributed by atoms with van der Waals surface area (Å²) in [5.41, 5.74) is 1.87. The zero-order valence-corrected chi connectivity index (χ0v) is 11.9. The van der Waals surface area contributed by atoms with E-state index in [1.807, 2.05) is 19.1 Å². The quantitative estimate of drug-likeness (QED) is 0.576. The Morgan fingerprint density at radius 1 is 1.22 bits per heavy atom. The van der Waals surface area contributed by atoms with E-state index in [4.69, 9.17) is 0 Å². The summed E-state index contributed by atoms with van der Waals surface area (Å²) in [4.78, 5) is 3.76. The Hall–Kier alpha value is -2.83. The molecular formula is C16H10F3N4. The lowest BCUT2D eigenvalue weighted by molar-refractivity contribution is -0.141. The number of hydrogen-bond acceptors (Lipinski definition) is 2. The van der Waals surface area contributed by atoms with Crippen LogP contribution in [0, 0.1) is 13.0 Å². The predicted octanol–water partition coefficient (Wildman–Crippen LogP) is 4.03.